The molecule has 1 aliphatic heterocycles. The minimum Gasteiger partial charge on any atom is -0.322 e. The lowest BCUT2D eigenvalue weighted by Crippen LogP contribution is -2.28. The van der Waals surface area contributed by atoms with Crippen molar-refractivity contribution >= 4 is 46.6 Å². The number of anilines is 2. The van der Waals surface area contributed by atoms with E-state index in [2.05, 4.69) is 5.32 Å². The Hall–Kier alpha value is -2.83. The molecule has 0 bridgehead atoms. The van der Waals surface area contributed by atoms with Crippen LogP contribution in [0.4, 0.5) is 15.8 Å². The molecule has 0 saturated carbocycles. The second-order valence-corrected chi connectivity index (χ2v) is 7.97. The molecule has 1 heterocycles. The summed E-state index contributed by atoms with van der Waals surface area (Å²) in [7, 11) is 0. The number of hydrogen-bond donors (Lipinski definition) is 1. The van der Waals surface area contributed by atoms with Crippen molar-refractivity contribution in [2.75, 3.05) is 16.0 Å². The summed E-state index contributed by atoms with van der Waals surface area (Å²) in [5.41, 5.74) is 2.25. The van der Waals surface area contributed by atoms with Crippen molar-refractivity contribution in [2.45, 2.75) is 5.37 Å². The predicted molar refractivity (Wildman–Crippen MR) is 115 cm³/mol. The predicted octanol–water partition coefficient (Wildman–Crippen LogP) is 5.51. The van der Waals surface area contributed by atoms with Gasteiger partial charge in [0.1, 0.15) is 11.2 Å². The third-order valence-electron chi connectivity index (χ3n) is 4.54. The third kappa shape index (κ3) is 4.13. The molecule has 0 radical (unpaired) electrons. The first-order chi connectivity index (χ1) is 14.0. The number of nitrogens with one attached hydrogen (secondary N) is 1. The number of nitrogens with zero attached hydrogens (tertiary/aromatic N) is 1. The van der Waals surface area contributed by atoms with Crippen LogP contribution in [-0.2, 0) is 4.79 Å². The van der Waals surface area contributed by atoms with Gasteiger partial charge in [0.2, 0.25) is 5.91 Å². The molecule has 3 aromatic rings. The zero-order valence-electron chi connectivity index (χ0n) is 15.1. The lowest BCUT2D eigenvalue weighted by Gasteiger charge is -2.24. The average Bonchev–Trinajstić information content (AvgIpc) is 3.10. The largest absolute Gasteiger partial charge is 0.322 e. The van der Waals surface area contributed by atoms with Crippen LogP contribution in [0.15, 0.2) is 72.8 Å². The molecule has 0 spiro atoms. The Bertz CT molecular complexity index is 1060. The van der Waals surface area contributed by atoms with Gasteiger partial charge in [0.25, 0.3) is 5.91 Å². The fourth-order valence-corrected chi connectivity index (χ4v) is 4.41. The van der Waals surface area contributed by atoms with E-state index >= 15 is 0 Å². The molecule has 29 heavy (non-hydrogen) atoms. The molecular formula is C22H16ClFN2O2S. The van der Waals surface area contributed by atoms with Crippen molar-refractivity contribution in [1.29, 1.82) is 0 Å². The monoisotopic (exact) mass is 426 g/mol. The number of benzene rings is 3. The highest BCUT2D eigenvalue weighted by Gasteiger charge is 2.35. The number of thioether (sulfide) groups is 1. The van der Waals surface area contributed by atoms with Gasteiger partial charge in [0.05, 0.1) is 11.4 Å². The number of rotatable bonds is 4. The van der Waals surface area contributed by atoms with Crippen LogP contribution in [0.5, 0.6) is 0 Å². The van der Waals surface area contributed by atoms with E-state index in [1.165, 1.54) is 22.7 Å². The Balaban J connectivity index is 1.52. The van der Waals surface area contributed by atoms with Crippen LogP contribution < -0.4 is 10.2 Å². The number of halogens is 2. The minimum absolute atomic E-state index is 0.134. The second kappa shape index (κ2) is 8.27. The summed E-state index contributed by atoms with van der Waals surface area (Å²) in [5.74, 6) is -0.521. The highest BCUT2D eigenvalue weighted by molar-refractivity contribution is 8.00. The number of carbonyl (C=O) groups excluding carboxylic acids is 2. The number of hydrogen-bond acceptors (Lipinski definition) is 3. The molecule has 0 aliphatic carbocycles. The third-order valence-corrected chi connectivity index (χ3v) is 6.00. The van der Waals surface area contributed by atoms with Crippen molar-refractivity contribution in [1.82, 2.24) is 0 Å². The van der Waals surface area contributed by atoms with Crippen molar-refractivity contribution in [3.63, 3.8) is 0 Å². The molecule has 3 aromatic carbocycles. The lowest BCUT2D eigenvalue weighted by molar-refractivity contribution is -0.115. The van der Waals surface area contributed by atoms with Crippen LogP contribution in [0.3, 0.4) is 0 Å². The van der Waals surface area contributed by atoms with Crippen molar-refractivity contribution < 1.29 is 14.0 Å². The maximum absolute atomic E-state index is 14.2. The normalized spacial score (nSPS) is 16.1. The van der Waals surface area contributed by atoms with Gasteiger partial charge in [0.15, 0.2) is 0 Å². The number of para-hydroxylation sites is 1. The van der Waals surface area contributed by atoms with Gasteiger partial charge in [-0.05, 0) is 54.1 Å². The summed E-state index contributed by atoms with van der Waals surface area (Å²) in [6, 6.07) is 20.1. The van der Waals surface area contributed by atoms with Crippen LogP contribution in [0.1, 0.15) is 21.3 Å². The fourth-order valence-electron chi connectivity index (χ4n) is 3.11. The van der Waals surface area contributed by atoms with Gasteiger partial charge in [-0.1, -0.05) is 35.9 Å². The minimum atomic E-state index is -0.430. The van der Waals surface area contributed by atoms with Crippen LogP contribution in [-0.4, -0.2) is 17.6 Å². The van der Waals surface area contributed by atoms with Gasteiger partial charge in [-0.3, -0.25) is 14.5 Å². The van der Waals surface area contributed by atoms with Gasteiger partial charge in [-0.15, -0.1) is 11.8 Å². The topological polar surface area (TPSA) is 49.4 Å². The fraction of sp³-hybridized carbons (Fsp3) is 0.0909. The van der Waals surface area contributed by atoms with Crippen molar-refractivity contribution in [3.05, 3.63) is 94.8 Å². The van der Waals surface area contributed by atoms with E-state index in [4.69, 9.17) is 11.6 Å². The van der Waals surface area contributed by atoms with E-state index in [0.717, 1.165) is 5.56 Å². The Kier molecular flexibility index (Phi) is 5.56. The molecule has 4 nitrogen and oxygen atoms in total. The zero-order valence-corrected chi connectivity index (χ0v) is 16.7. The molecule has 0 aromatic heterocycles. The van der Waals surface area contributed by atoms with E-state index in [9.17, 15) is 14.0 Å². The quantitative estimate of drug-likeness (QED) is 0.598. The Morgan fingerprint density at radius 3 is 2.41 bits per heavy atom. The van der Waals surface area contributed by atoms with Crippen molar-refractivity contribution in [3.8, 4) is 0 Å². The van der Waals surface area contributed by atoms with Gasteiger partial charge < -0.3 is 5.32 Å². The molecule has 1 aliphatic rings. The summed E-state index contributed by atoms with van der Waals surface area (Å²) in [4.78, 5) is 26.2. The summed E-state index contributed by atoms with van der Waals surface area (Å²) in [6.45, 7) is 0. The Labute approximate surface area is 176 Å². The molecule has 0 unspecified atom stereocenters. The van der Waals surface area contributed by atoms with Gasteiger partial charge in [-0.25, -0.2) is 4.39 Å². The molecular weight excluding hydrogens is 411 g/mol. The average molecular weight is 427 g/mol. The molecule has 7 heteroatoms. The summed E-state index contributed by atoms with van der Waals surface area (Å²) >= 11 is 7.29. The Morgan fingerprint density at radius 2 is 1.72 bits per heavy atom. The summed E-state index contributed by atoms with van der Waals surface area (Å²) < 4.78 is 14.2. The lowest BCUT2D eigenvalue weighted by atomic mass is 10.1. The zero-order chi connectivity index (χ0) is 20.4. The van der Waals surface area contributed by atoms with E-state index in [1.807, 2.05) is 12.1 Å². The maximum Gasteiger partial charge on any atom is 0.255 e. The first-order valence-electron chi connectivity index (χ1n) is 8.88. The summed E-state index contributed by atoms with van der Waals surface area (Å²) in [5, 5.41) is 3.07. The first kappa shape index (κ1) is 19.5. The summed E-state index contributed by atoms with van der Waals surface area (Å²) in [6.07, 6.45) is 0. The highest BCUT2D eigenvalue weighted by Crippen LogP contribution is 2.42. The van der Waals surface area contributed by atoms with E-state index in [-0.39, 0.29) is 28.6 Å². The number of carbonyl (C=O) groups is 2. The molecule has 1 atom stereocenters. The van der Waals surface area contributed by atoms with Crippen LogP contribution >= 0.6 is 23.4 Å². The molecule has 146 valence electrons. The maximum atomic E-state index is 14.2. The molecule has 1 fully saturated rings. The Morgan fingerprint density at radius 1 is 1.03 bits per heavy atom. The van der Waals surface area contributed by atoms with Gasteiger partial charge >= 0.3 is 0 Å². The van der Waals surface area contributed by atoms with Crippen LogP contribution in [0.2, 0.25) is 5.02 Å². The second-order valence-electron chi connectivity index (χ2n) is 6.46. The van der Waals surface area contributed by atoms with Gasteiger partial charge in [0, 0.05) is 16.3 Å². The van der Waals surface area contributed by atoms with E-state index in [1.54, 1.807) is 54.6 Å². The van der Waals surface area contributed by atoms with E-state index in [0.29, 0.717) is 16.3 Å². The van der Waals surface area contributed by atoms with E-state index < -0.39 is 5.82 Å². The number of amides is 2. The smallest absolute Gasteiger partial charge is 0.255 e. The standard InChI is InChI=1S/C22H16ClFN2O2S/c23-16-9-5-14(6-10-16)21(28)25-17-11-7-15(8-12-17)22-26(20(27)13-29-22)19-4-2-1-3-18(19)24/h1-12,22H,13H2,(H,25,28)/t22-/m0/s1. The van der Waals surface area contributed by atoms with Crippen LogP contribution in [0, 0.1) is 5.82 Å². The molecule has 1 N–H and O–H groups in total. The SMILES string of the molecule is O=C(Nc1ccc([C@@H]2SCC(=O)N2c2ccccc2F)cc1)c1ccc(Cl)cc1. The molecule has 1 saturated heterocycles. The van der Waals surface area contributed by atoms with Crippen LogP contribution in [0.25, 0.3) is 0 Å². The first-order valence-corrected chi connectivity index (χ1v) is 10.3. The van der Waals surface area contributed by atoms with Gasteiger partial charge in [-0.2, -0.15) is 0 Å². The molecule has 2 amide bonds. The molecule has 4 rings (SSSR count). The highest BCUT2D eigenvalue weighted by atomic mass is 35.5. The van der Waals surface area contributed by atoms with Crippen molar-refractivity contribution in [2.24, 2.45) is 0 Å².